The summed E-state index contributed by atoms with van der Waals surface area (Å²) >= 11 is 1.00. The van der Waals surface area contributed by atoms with Gasteiger partial charge in [0.05, 0.1) is 12.2 Å². The second-order valence-corrected chi connectivity index (χ2v) is 16.3. The molecule has 0 aliphatic carbocycles. The highest BCUT2D eigenvalue weighted by Gasteiger charge is 2.57. The van der Waals surface area contributed by atoms with Crippen LogP contribution in [0.25, 0.3) is 20.2 Å². The molecule has 6 nitrogen and oxygen atoms in total. The molecule has 0 N–H and O–H groups in total. The Kier molecular flexibility index (Phi) is 10.0. The van der Waals surface area contributed by atoms with Crippen molar-refractivity contribution in [2.24, 2.45) is 0 Å². The van der Waals surface area contributed by atoms with Crippen molar-refractivity contribution < 1.29 is 47.9 Å². The number of fused-ring (bicyclic) bond motifs is 2. The zero-order valence-electron chi connectivity index (χ0n) is 25.4. The van der Waals surface area contributed by atoms with Crippen LogP contribution in [0.15, 0.2) is 129 Å². The average Bonchev–Trinajstić information content (AvgIpc) is 3.07. The molecule has 1 unspecified atom stereocenters. The van der Waals surface area contributed by atoms with Crippen LogP contribution >= 0.6 is 21.6 Å². The molecule has 0 aliphatic heterocycles. The van der Waals surface area contributed by atoms with Crippen LogP contribution in [0.4, 0.5) is 26.3 Å². The number of halogens is 6. The fourth-order valence-corrected chi connectivity index (χ4v) is 11.1. The van der Waals surface area contributed by atoms with Crippen molar-refractivity contribution >= 4 is 57.9 Å². The van der Waals surface area contributed by atoms with Gasteiger partial charge in [-0.15, -0.1) is 11.3 Å². The van der Waals surface area contributed by atoms with E-state index in [1.54, 1.807) is 12.1 Å². The lowest BCUT2D eigenvalue weighted by atomic mass is 10.1. The minimum absolute atomic E-state index is 0.0713. The lowest BCUT2D eigenvalue weighted by molar-refractivity contribution is -0.140. The zero-order chi connectivity index (χ0) is 35.8. The van der Waals surface area contributed by atoms with E-state index in [2.05, 4.69) is 11.3 Å². The summed E-state index contributed by atoms with van der Waals surface area (Å²) in [5.74, 6) is -0.983. The van der Waals surface area contributed by atoms with Gasteiger partial charge in [0.1, 0.15) is 0 Å². The Balaban J connectivity index is 1.72. The normalized spacial score (nSPS) is 13.7. The van der Waals surface area contributed by atoms with Gasteiger partial charge in [0.25, 0.3) is 0 Å². The first-order chi connectivity index (χ1) is 23.0. The highest BCUT2D eigenvalue weighted by Crippen LogP contribution is 2.71. The summed E-state index contributed by atoms with van der Waals surface area (Å²) in [4.78, 5) is 25.4. The number of alkyl halides is 6. The van der Waals surface area contributed by atoms with E-state index in [4.69, 9.17) is 3.63 Å². The molecular weight excluding hydrogens is 715 g/mol. The standard InChI is InChI=1S/C34H26F6O6S3/c1-21(2)32(42)45-18-17-30(35)34(39,40)49(43,44)46-48(23-9-5-3-6-10-23,24-11-7-4-8-12-24)25-14-16-29-27(20-25)31(41)26-19-22(33(36,37)38)13-15-28(26)47-29/h3-16,19-20,30H,1,17-18H2,2H3. The summed E-state index contributed by atoms with van der Waals surface area (Å²) in [6.45, 7) is 3.73. The number of hydrogen-bond acceptors (Lipinski definition) is 7. The molecule has 49 heavy (non-hydrogen) atoms. The Morgan fingerprint density at radius 3 is 1.88 bits per heavy atom. The third-order valence-corrected chi connectivity index (χ3v) is 13.7. The number of carbonyl (C=O) groups is 1. The van der Waals surface area contributed by atoms with Gasteiger partial charge in [-0.2, -0.15) is 30.4 Å². The first-order valence-electron chi connectivity index (χ1n) is 14.3. The van der Waals surface area contributed by atoms with Gasteiger partial charge >= 0.3 is 27.5 Å². The highest BCUT2D eigenvalue weighted by molar-refractivity contribution is 8.33. The van der Waals surface area contributed by atoms with E-state index in [0.717, 1.165) is 17.4 Å². The van der Waals surface area contributed by atoms with E-state index < -0.39 is 68.0 Å². The second kappa shape index (κ2) is 13.6. The van der Waals surface area contributed by atoms with Gasteiger partial charge in [0.15, 0.2) is 11.6 Å². The molecule has 0 saturated heterocycles. The van der Waals surface area contributed by atoms with Crippen molar-refractivity contribution in [3.05, 3.63) is 125 Å². The number of benzene rings is 4. The third kappa shape index (κ3) is 6.98. The summed E-state index contributed by atoms with van der Waals surface area (Å²) in [5, 5.41) is -5.53. The van der Waals surface area contributed by atoms with Crippen molar-refractivity contribution in [1.82, 2.24) is 0 Å². The van der Waals surface area contributed by atoms with Crippen LogP contribution in [0.2, 0.25) is 0 Å². The smallest absolute Gasteiger partial charge is 0.416 e. The topological polar surface area (TPSA) is 86.7 Å². The van der Waals surface area contributed by atoms with Crippen LogP contribution < -0.4 is 5.43 Å². The van der Waals surface area contributed by atoms with Crippen LogP contribution in [-0.4, -0.2) is 32.4 Å². The molecule has 258 valence electrons. The zero-order valence-corrected chi connectivity index (χ0v) is 27.8. The third-order valence-electron chi connectivity index (χ3n) is 7.29. The molecule has 0 aliphatic rings. The van der Waals surface area contributed by atoms with Gasteiger partial charge < -0.3 is 4.74 Å². The van der Waals surface area contributed by atoms with E-state index in [1.807, 2.05) is 0 Å². The van der Waals surface area contributed by atoms with Crippen LogP contribution in [0.3, 0.4) is 0 Å². The molecule has 1 atom stereocenters. The van der Waals surface area contributed by atoms with Gasteiger partial charge in [-0.3, -0.25) is 4.79 Å². The first-order valence-corrected chi connectivity index (χ1v) is 18.1. The van der Waals surface area contributed by atoms with Crippen molar-refractivity contribution in [2.45, 2.75) is 45.6 Å². The highest BCUT2D eigenvalue weighted by atomic mass is 32.3. The van der Waals surface area contributed by atoms with Gasteiger partial charge in [-0.25, -0.2) is 12.8 Å². The maximum atomic E-state index is 15.6. The van der Waals surface area contributed by atoms with E-state index >= 15 is 13.2 Å². The fraction of sp³-hybridized carbons (Fsp3) is 0.176. The molecule has 15 heteroatoms. The first kappa shape index (κ1) is 36.1. The lowest BCUT2D eigenvalue weighted by Crippen LogP contribution is -2.41. The Morgan fingerprint density at radius 1 is 0.816 bits per heavy atom. The quantitative estimate of drug-likeness (QED) is 0.0581. The Labute approximate surface area is 282 Å². The molecule has 0 saturated carbocycles. The molecule has 0 fully saturated rings. The Morgan fingerprint density at radius 2 is 1.35 bits per heavy atom. The van der Waals surface area contributed by atoms with E-state index in [0.29, 0.717) is 10.8 Å². The monoisotopic (exact) mass is 740 g/mol. The predicted molar refractivity (Wildman–Crippen MR) is 176 cm³/mol. The molecule has 1 heterocycles. The van der Waals surface area contributed by atoms with Gasteiger partial charge in [-0.1, -0.05) is 43.0 Å². The second-order valence-electron chi connectivity index (χ2n) is 10.7. The number of carbonyl (C=O) groups excluding carboxylic acids is 1. The van der Waals surface area contributed by atoms with Crippen LogP contribution in [0, 0.1) is 0 Å². The summed E-state index contributed by atoms with van der Waals surface area (Å²) < 4.78 is 125. The SMILES string of the molecule is C=C(C)C(=O)OCCC(F)C(F)(F)S(=O)(=O)OS(c1ccccc1)(c1ccccc1)c1ccc2sc3ccc(C(F)(F)F)cc3c(=O)c2c1. The Hall–Kier alpha value is -4.18. The molecule has 0 spiro atoms. The largest absolute Gasteiger partial charge is 0.462 e. The van der Waals surface area contributed by atoms with Crippen molar-refractivity contribution in [2.75, 3.05) is 6.61 Å². The van der Waals surface area contributed by atoms with Gasteiger partial charge in [0.2, 0.25) is 0 Å². The summed E-state index contributed by atoms with van der Waals surface area (Å²) in [6.07, 6.45) is -9.31. The van der Waals surface area contributed by atoms with Crippen LogP contribution in [-0.2, 0) is 29.5 Å². The van der Waals surface area contributed by atoms with Crippen LogP contribution in [0.1, 0.15) is 18.9 Å². The number of ether oxygens (including phenoxy) is 1. The maximum Gasteiger partial charge on any atom is 0.416 e. The summed E-state index contributed by atoms with van der Waals surface area (Å²) in [6, 6.07) is 21.5. The van der Waals surface area contributed by atoms with E-state index in [1.165, 1.54) is 79.7 Å². The molecule has 5 aromatic rings. The fourth-order valence-electron chi connectivity index (χ4n) is 4.82. The van der Waals surface area contributed by atoms with Crippen molar-refractivity contribution in [1.29, 1.82) is 0 Å². The minimum Gasteiger partial charge on any atom is -0.462 e. The molecular formula is C34H26F6O6S3. The van der Waals surface area contributed by atoms with Gasteiger partial charge in [-0.05, 0) is 77.9 Å². The summed E-state index contributed by atoms with van der Waals surface area (Å²) in [5.41, 5.74) is -1.95. The van der Waals surface area contributed by atoms with E-state index in [-0.39, 0.29) is 35.7 Å². The lowest BCUT2D eigenvalue weighted by Gasteiger charge is -2.40. The number of hydrogen-bond donors (Lipinski definition) is 0. The van der Waals surface area contributed by atoms with Crippen LogP contribution in [0.5, 0.6) is 0 Å². The molecule has 0 bridgehead atoms. The predicted octanol–water partition coefficient (Wildman–Crippen LogP) is 9.42. The molecule has 0 amide bonds. The number of rotatable bonds is 11. The van der Waals surface area contributed by atoms with Gasteiger partial charge in [0, 0.05) is 46.9 Å². The maximum absolute atomic E-state index is 15.6. The Bertz CT molecular complexity index is 2170. The molecule has 5 rings (SSSR count). The molecule has 4 aromatic carbocycles. The molecule has 0 radical (unpaired) electrons. The molecule has 1 aromatic heterocycles. The minimum atomic E-state index is -6.18. The average molecular weight is 741 g/mol. The van der Waals surface area contributed by atoms with E-state index in [9.17, 15) is 31.2 Å². The summed E-state index contributed by atoms with van der Waals surface area (Å²) in [7, 11) is -9.97. The van der Waals surface area contributed by atoms with Crippen molar-refractivity contribution in [3.63, 3.8) is 0 Å². The van der Waals surface area contributed by atoms with Crippen molar-refractivity contribution in [3.8, 4) is 0 Å². The number of esters is 1.